The minimum absolute atomic E-state index is 0.0439. The van der Waals surface area contributed by atoms with Crippen LogP contribution in [0.15, 0.2) is 23.0 Å². The van der Waals surface area contributed by atoms with Gasteiger partial charge in [-0.1, -0.05) is 6.92 Å². The summed E-state index contributed by atoms with van der Waals surface area (Å²) in [6, 6.07) is 5.56. The number of rotatable bonds is 3. The van der Waals surface area contributed by atoms with Crippen molar-refractivity contribution in [2.24, 2.45) is 0 Å². The van der Waals surface area contributed by atoms with Crippen molar-refractivity contribution in [1.82, 2.24) is 14.5 Å². The Hall–Kier alpha value is -1.95. The number of carbonyl (C=O) groups excluding carboxylic acids is 1. The number of benzene rings is 1. The molecule has 3 rings (SSSR count). The van der Waals surface area contributed by atoms with Gasteiger partial charge in [0, 0.05) is 24.7 Å². The molecule has 0 radical (unpaired) electrons. The van der Waals surface area contributed by atoms with Crippen molar-refractivity contribution in [3.8, 4) is 0 Å². The topological polar surface area (TPSA) is 58.1 Å². The molecule has 128 valence electrons. The molecule has 0 unspecified atom stereocenters. The Morgan fingerprint density at radius 2 is 2.12 bits per heavy atom. The van der Waals surface area contributed by atoms with Crippen LogP contribution in [0.5, 0.6) is 0 Å². The Morgan fingerprint density at radius 3 is 2.83 bits per heavy atom. The van der Waals surface area contributed by atoms with Crippen LogP contribution in [0.4, 0.5) is 0 Å². The summed E-state index contributed by atoms with van der Waals surface area (Å²) in [5, 5.41) is 0.563. The maximum atomic E-state index is 12.9. The van der Waals surface area contributed by atoms with Gasteiger partial charge in [0.25, 0.3) is 11.5 Å². The normalized spacial score (nSPS) is 18.1. The molecule has 6 heteroatoms. The summed E-state index contributed by atoms with van der Waals surface area (Å²) in [5.41, 5.74) is 1.13. The number of H-pyrrole nitrogens is 1. The summed E-state index contributed by atoms with van der Waals surface area (Å²) in [6.45, 7) is 5.34. The summed E-state index contributed by atoms with van der Waals surface area (Å²) in [7, 11) is 0. The van der Waals surface area contributed by atoms with Crippen molar-refractivity contribution in [2.75, 3.05) is 6.54 Å². The van der Waals surface area contributed by atoms with E-state index in [1.165, 1.54) is 11.0 Å². The molecule has 2 aromatic rings. The Kier molecular flexibility index (Phi) is 4.85. The first-order chi connectivity index (χ1) is 11.6. The average molecular weight is 345 g/mol. The van der Waals surface area contributed by atoms with Crippen LogP contribution < -0.4 is 5.56 Å². The number of hydrogen-bond donors (Lipinski definition) is 1. The van der Waals surface area contributed by atoms with Crippen molar-refractivity contribution in [3.63, 3.8) is 0 Å². The number of nitrogens with one attached hydrogen (secondary N) is 1. The molecule has 2 heterocycles. The third kappa shape index (κ3) is 2.90. The molecule has 1 N–H and O–H groups in total. The molecule has 0 spiro atoms. The Labute approximate surface area is 146 Å². The lowest BCUT2D eigenvalue weighted by Gasteiger charge is -2.35. The van der Waals surface area contributed by atoms with Crippen molar-refractivity contribution in [3.05, 3.63) is 38.9 Å². The van der Waals surface area contributed by atoms with E-state index < -0.39 is 0 Å². The second kappa shape index (κ2) is 6.89. The van der Waals surface area contributed by atoms with Crippen molar-refractivity contribution in [1.29, 1.82) is 0 Å². The summed E-state index contributed by atoms with van der Waals surface area (Å²) in [4.78, 5) is 30.4. The van der Waals surface area contributed by atoms with Gasteiger partial charge in [0.2, 0.25) is 0 Å². The van der Waals surface area contributed by atoms with Crippen LogP contribution in [0.3, 0.4) is 0 Å². The number of likely N-dealkylation sites (tertiary alicyclic amines) is 1. The minimum Gasteiger partial charge on any atom is -0.336 e. The van der Waals surface area contributed by atoms with E-state index in [4.69, 9.17) is 12.2 Å². The quantitative estimate of drug-likeness (QED) is 0.867. The number of piperidine rings is 1. The highest BCUT2D eigenvalue weighted by molar-refractivity contribution is 7.71. The van der Waals surface area contributed by atoms with Gasteiger partial charge < -0.3 is 9.88 Å². The molecule has 1 fully saturated rings. The van der Waals surface area contributed by atoms with E-state index in [1.807, 2.05) is 11.8 Å². The van der Waals surface area contributed by atoms with Gasteiger partial charge in [0.15, 0.2) is 4.77 Å². The fourth-order valence-electron chi connectivity index (χ4n) is 3.53. The van der Waals surface area contributed by atoms with Crippen molar-refractivity contribution in [2.45, 2.75) is 52.1 Å². The van der Waals surface area contributed by atoms with E-state index in [1.54, 1.807) is 18.2 Å². The minimum atomic E-state index is -0.111. The molecule has 1 aliphatic rings. The van der Waals surface area contributed by atoms with E-state index >= 15 is 0 Å². The summed E-state index contributed by atoms with van der Waals surface area (Å²) in [6.07, 6.45) is 4.28. The van der Waals surface area contributed by atoms with E-state index in [0.29, 0.717) is 33.8 Å². The molecule has 5 nitrogen and oxygen atoms in total. The predicted molar refractivity (Wildman–Crippen MR) is 98.0 cm³/mol. The van der Waals surface area contributed by atoms with Gasteiger partial charge in [0.05, 0.1) is 10.9 Å². The molecule has 1 atom stereocenters. The number of nitrogens with zero attached hydrogens (tertiary/aromatic N) is 2. The maximum Gasteiger partial charge on any atom is 0.262 e. The van der Waals surface area contributed by atoms with Gasteiger partial charge in [0.1, 0.15) is 0 Å². The first kappa shape index (κ1) is 16.9. The predicted octanol–water partition coefficient (Wildman–Crippen LogP) is 3.48. The number of aromatic nitrogens is 2. The monoisotopic (exact) mass is 345 g/mol. The summed E-state index contributed by atoms with van der Waals surface area (Å²) in [5.74, 6) is 0.0439. The molecule has 0 bridgehead atoms. The molecular formula is C18H23N3O2S. The third-order valence-electron chi connectivity index (χ3n) is 4.90. The highest BCUT2D eigenvalue weighted by atomic mass is 32.1. The zero-order valence-electron chi connectivity index (χ0n) is 14.2. The molecule has 1 amide bonds. The lowest BCUT2D eigenvalue weighted by molar-refractivity contribution is 0.0608. The molecule has 1 aromatic heterocycles. The molecular weight excluding hydrogens is 322 g/mol. The van der Waals surface area contributed by atoms with Gasteiger partial charge in [-0.3, -0.25) is 14.2 Å². The Bertz CT molecular complexity index is 884. The molecule has 0 aliphatic carbocycles. The highest BCUT2D eigenvalue weighted by Crippen LogP contribution is 2.22. The smallest absolute Gasteiger partial charge is 0.262 e. The van der Waals surface area contributed by atoms with Crippen LogP contribution in [0.25, 0.3) is 10.9 Å². The zero-order valence-corrected chi connectivity index (χ0v) is 15.0. The second-order valence-corrected chi connectivity index (χ2v) is 6.68. The van der Waals surface area contributed by atoms with Crippen LogP contribution in [0.1, 0.15) is 49.9 Å². The van der Waals surface area contributed by atoms with Gasteiger partial charge >= 0.3 is 0 Å². The van der Waals surface area contributed by atoms with Crippen LogP contribution in [0, 0.1) is 4.77 Å². The lowest BCUT2D eigenvalue weighted by Crippen LogP contribution is -2.43. The first-order valence-corrected chi connectivity index (χ1v) is 9.05. The Balaban J connectivity index is 2.03. The highest BCUT2D eigenvalue weighted by Gasteiger charge is 2.26. The molecule has 24 heavy (non-hydrogen) atoms. The fraction of sp³-hybridized carbons (Fsp3) is 0.500. The molecule has 1 saturated heterocycles. The van der Waals surface area contributed by atoms with Crippen LogP contribution in [0.2, 0.25) is 0 Å². The third-order valence-corrected chi connectivity index (χ3v) is 5.23. The number of amides is 1. The summed E-state index contributed by atoms with van der Waals surface area (Å²) < 4.78 is 1.92. The van der Waals surface area contributed by atoms with Gasteiger partial charge in [-0.2, -0.15) is 0 Å². The van der Waals surface area contributed by atoms with Crippen LogP contribution in [-0.2, 0) is 6.54 Å². The fourth-order valence-corrected chi connectivity index (χ4v) is 3.85. The number of hydrogen-bond acceptors (Lipinski definition) is 3. The molecule has 1 aromatic carbocycles. The van der Waals surface area contributed by atoms with Crippen molar-refractivity contribution >= 4 is 29.0 Å². The van der Waals surface area contributed by atoms with Gasteiger partial charge in [-0.15, -0.1) is 0 Å². The lowest BCUT2D eigenvalue weighted by atomic mass is 9.98. The van der Waals surface area contributed by atoms with Gasteiger partial charge in [-0.05, 0) is 63.0 Å². The molecule has 0 saturated carbocycles. The largest absolute Gasteiger partial charge is 0.336 e. The van der Waals surface area contributed by atoms with E-state index in [2.05, 4.69) is 11.9 Å². The number of fused-ring (bicyclic) bond motifs is 1. The standard InChI is InChI=1S/C18H23N3O2S/c1-3-13-7-5-6-10-21(13)16(22)12-8-9-14-15(11-12)19-18(24)20(4-2)17(14)23/h8-9,11,13H,3-7,10H2,1-2H3,(H,19,24)/t13-/m0/s1. The van der Waals surface area contributed by atoms with Crippen LogP contribution >= 0.6 is 12.2 Å². The van der Waals surface area contributed by atoms with Crippen molar-refractivity contribution < 1.29 is 4.79 Å². The zero-order chi connectivity index (χ0) is 17.3. The number of aromatic amines is 1. The van der Waals surface area contributed by atoms with E-state index in [-0.39, 0.29) is 11.5 Å². The number of carbonyl (C=O) groups is 1. The Morgan fingerprint density at radius 1 is 1.33 bits per heavy atom. The maximum absolute atomic E-state index is 12.9. The average Bonchev–Trinajstić information content (AvgIpc) is 2.61. The van der Waals surface area contributed by atoms with E-state index in [0.717, 1.165) is 25.8 Å². The van der Waals surface area contributed by atoms with E-state index in [9.17, 15) is 9.59 Å². The second-order valence-electron chi connectivity index (χ2n) is 6.30. The van der Waals surface area contributed by atoms with Gasteiger partial charge in [-0.25, -0.2) is 0 Å². The van der Waals surface area contributed by atoms with Crippen LogP contribution in [-0.4, -0.2) is 32.9 Å². The summed E-state index contributed by atoms with van der Waals surface area (Å²) >= 11 is 5.25. The first-order valence-electron chi connectivity index (χ1n) is 8.64. The molecule has 1 aliphatic heterocycles. The SMILES string of the molecule is CC[C@H]1CCCCN1C(=O)c1ccc2c(=O)n(CC)c(=S)[nH]c2c1.